The van der Waals surface area contributed by atoms with Crippen LogP contribution in [0.15, 0.2) is 36.8 Å². The Bertz CT molecular complexity index is 768. The minimum Gasteiger partial charge on any atom is -0.367 e. The van der Waals surface area contributed by atoms with Crippen molar-refractivity contribution in [3.8, 4) is 6.07 Å². The first-order valence-corrected chi connectivity index (χ1v) is 8.41. The van der Waals surface area contributed by atoms with Crippen molar-refractivity contribution in [3.63, 3.8) is 0 Å². The Morgan fingerprint density at radius 3 is 2.54 bits per heavy atom. The van der Waals surface area contributed by atoms with Crippen LogP contribution in [0.4, 0.5) is 16.6 Å². The summed E-state index contributed by atoms with van der Waals surface area (Å²) in [6.45, 7) is 3.59. The molecule has 1 aliphatic rings. The van der Waals surface area contributed by atoms with Crippen molar-refractivity contribution >= 4 is 17.8 Å². The maximum Gasteiger partial charge on any atom is 0.317 e. The Morgan fingerprint density at radius 2 is 1.81 bits per heavy atom. The fraction of sp³-hybridized carbons (Fsp3) is 0.353. The number of urea groups is 1. The second kappa shape index (κ2) is 8.62. The standard InChI is InChI=1S/C17H20N8O/c18-13-14-3-1-4-19-15(14)20-7-8-23-17(26)25-11-9-24(10-12-25)16-21-5-2-6-22-16/h1-6H,7-12H2,(H,19,20)(H,23,26). The Hall–Kier alpha value is -3.41. The van der Waals surface area contributed by atoms with E-state index in [0.717, 1.165) is 0 Å². The maximum absolute atomic E-state index is 12.2. The lowest BCUT2D eigenvalue weighted by Gasteiger charge is -2.34. The van der Waals surface area contributed by atoms with Gasteiger partial charge in [-0.05, 0) is 18.2 Å². The number of pyridine rings is 1. The first kappa shape index (κ1) is 17.4. The van der Waals surface area contributed by atoms with E-state index in [0.29, 0.717) is 56.6 Å². The van der Waals surface area contributed by atoms with Crippen LogP contribution in [0, 0.1) is 11.3 Å². The zero-order valence-electron chi connectivity index (χ0n) is 14.3. The van der Waals surface area contributed by atoms with E-state index in [1.807, 2.05) is 0 Å². The highest BCUT2D eigenvalue weighted by molar-refractivity contribution is 5.74. The van der Waals surface area contributed by atoms with Crippen molar-refractivity contribution in [2.75, 3.05) is 49.5 Å². The summed E-state index contributed by atoms with van der Waals surface area (Å²) >= 11 is 0. The molecule has 26 heavy (non-hydrogen) atoms. The van der Waals surface area contributed by atoms with Gasteiger partial charge in [-0.1, -0.05) is 0 Å². The Kier molecular flexibility index (Phi) is 5.77. The van der Waals surface area contributed by atoms with Crippen molar-refractivity contribution in [1.82, 2.24) is 25.2 Å². The summed E-state index contributed by atoms with van der Waals surface area (Å²) in [5, 5.41) is 15.0. The van der Waals surface area contributed by atoms with Gasteiger partial charge in [0.15, 0.2) is 0 Å². The number of nitriles is 1. The topological polar surface area (TPSA) is 110 Å². The molecule has 0 spiro atoms. The molecule has 0 unspecified atom stereocenters. The third-order valence-electron chi connectivity index (χ3n) is 4.02. The van der Waals surface area contributed by atoms with Crippen molar-refractivity contribution in [2.45, 2.75) is 0 Å². The van der Waals surface area contributed by atoms with Crippen LogP contribution < -0.4 is 15.5 Å². The lowest BCUT2D eigenvalue weighted by Crippen LogP contribution is -2.52. The van der Waals surface area contributed by atoms with E-state index in [-0.39, 0.29) is 6.03 Å². The van der Waals surface area contributed by atoms with Gasteiger partial charge in [0.1, 0.15) is 11.9 Å². The number of hydrogen-bond donors (Lipinski definition) is 2. The molecule has 0 aliphatic carbocycles. The number of piperazine rings is 1. The van der Waals surface area contributed by atoms with Crippen molar-refractivity contribution in [2.24, 2.45) is 0 Å². The van der Waals surface area contributed by atoms with Crippen LogP contribution in [0.1, 0.15) is 5.56 Å². The monoisotopic (exact) mass is 352 g/mol. The minimum absolute atomic E-state index is 0.0954. The second-order valence-corrected chi connectivity index (χ2v) is 5.69. The number of hydrogen-bond acceptors (Lipinski definition) is 7. The number of nitrogens with zero attached hydrogens (tertiary/aromatic N) is 6. The van der Waals surface area contributed by atoms with E-state index >= 15 is 0 Å². The van der Waals surface area contributed by atoms with Gasteiger partial charge in [-0.25, -0.2) is 19.7 Å². The molecule has 2 amide bonds. The molecule has 2 aromatic rings. The lowest BCUT2D eigenvalue weighted by molar-refractivity contribution is 0.194. The molecule has 1 aliphatic heterocycles. The zero-order valence-corrected chi connectivity index (χ0v) is 14.3. The van der Waals surface area contributed by atoms with Crippen LogP contribution in [0.3, 0.4) is 0 Å². The van der Waals surface area contributed by atoms with Gasteiger partial charge in [-0.15, -0.1) is 0 Å². The number of nitrogens with one attached hydrogen (secondary N) is 2. The van der Waals surface area contributed by atoms with E-state index in [4.69, 9.17) is 5.26 Å². The van der Waals surface area contributed by atoms with E-state index < -0.39 is 0 Å². The molecule has 134 valence electrons. The summed E-state index contributed by atoms with van der Waals surface area (Å²) in [4.78, 5) is 28.7. The summed E-state index contributed by atoms with van der Waals surface area (Å²) in [5.74, 6) is 1.22. The number of anilines is 2. The van der Waals surface area contributed by atoms with Crippen LogP contribution in [-0.4, -0.2) is 65.2 Å². The van der Waals surface area contributed by atoms with Gasteiger partial charge in [-0.3, -0.25) is 0 Å². The Balaban J connectivity index is 1.39. The molecule has 2 N–H and O–H groups in total. The predicted octanol–water partition coefficient (Wildman–Crippen LogP) is 0.687. The molecule has 0 saturated carbocycles. The van der Waals surface area contributed by atoms with Crippen LogP contribution in [0.25, 0.3) is 0 Å². The Labute approximate surface area is 151 Å². The highest BCUT2D eigenvalue weighted by Gasteiger charge is 2.22. The Morgan fingerprint density at radius 1 is 1.08 bits per heavy atom. The molecule has 1 saturated heterocycles. The third kappa shape index (κ3) is 4.36. The lowest BCUT2D eigenvalue weighted by atomic mass is 10.3. The maximum atomic E-state index is 12.2. The molecule has 0 radical (unpaired) electrons. The fourth-order valence-electron chi connectivity index (χ4n) is 2.66. The van der Waals surface area contributed by atoms with E-state index in [9.17, 15) is 4.79 Å². The number of aromatic nitrogens is 3. The summed E-state index contributed by atoms with van der Waals surface area (Å²) in [5.41, 5.74) is 0.484. The van der Waals surface area contributed by atoms with Gasteiger partial charge < -0.3 is 20.4 Å². The minimum atomic E-state index is -0.0954. The van der Waals surface area contributed by atoms with Gasteiger partial charge in [0.2, 0.25) is 5.95 Å². The molecule has 1 fully saturated rings. The highest BCUT2D eigenvalue weighted by atomic mass is 16.2. The van der Waals surface area contributed by atoms with Crippen LogP contribution in [0.2, 0.25) is 0 Å². The highest BCUT2D eigenvalue weighted by Crippen LogP contribution is 2.10. The molecule has 0 atom stereocenters. The van der Waals surface area contributed by atoms with Crippen LogP contribution in [-0.2, 0) is 0 Å². The third-order valence-corrected chi connectivity index (χ3v) is 4.02. The average Bonchev–Trinajstić information content (AvgIpc) is 2.72. The molecule has 3 heterocycles. The van der Waals surface area contributed by atoms with Crippen LogP contribution >= 0.6 is 0 Å². The molecule has 0 bridgehead atoms. The number of carbonyl (C=O) groups excluding carboxylic acids is 1. The quantitative estimate of drug-likeness (QED) is 0.762. The smallest absolute Gasteiger partial charge is 0.317 e. The molecule has 0 aromatic carbocycles. The fourth-order valence-corrected chi connectivity index (χ4v) is 2.66. The van der Waals surface area contributed by atoms with Crippen molar-refractivity contribution in [3.05, 3.63) is 42.4 Å². The van der Waals surface area contributed by atoms with Gasteiger partial charge in [-0.2, -0.15) is 5.26 Å². The summed E-state index contributed by atoms with van der Waals surface area (Å²) in [7, 11) is 0. The molecular formula is C17H20N8O. The summed E-state index contributed by atoms with van der Waals surface area (Å²) in [6.07, 6.45) is 5.05. The largest absolute Gasteiger partial charge is 0.367 e. The summed E-state index contributed by atoms with van der Waals surface area (Å²) in [6, 6.07) is 7.18. The number of carbonyl (C=O) groups is 1. The van der Waals surface area contributed by atoms with Gasteiger partial charge in [0, 0.05) is 57.9 Å². The molecule has 2 aromatic heterocycles. The van der Waals surface area contributed by atoms with Crippen molar-refractivity contribution in [1.29, 1.82) is 5.26 Å². The first-order chi connectivity index (χ1) is 12.8. The summed E-state index contributed by atoms with van der Waals surface area (Å²) < 4.78 is 0. The normalized spacial score (nSPS) is 13.8. The van der Waals surface area contributed by atoms with E-state index in [2.05, 4.69) is 36.6 Å². The SMILES string of the molecule is N#Cc1cccnc1NCCNC(=O)N1CCN(c2ncccn2)CC1. The zero-order chi connectivity index (χ0) is 18.2. The molecule has 3 rings (SSSR count). The number of rotatable bonds is 5. The first-order valence-electron chi connectivity index (χ1n) is 8.41. The molecule has 9 heteroatoms. The molecular weight excluding hydrogens is 332 g/mol. The predicted molar refractivity (Wildman–Crippen MR) is 96.7 cm³/mol. The van der Waals surface area contributed by atoms with Gasteiger partial charge in [0.25, 0.3) is 0 Å². The van der Waals surface area contributed by atoms with E-state index in [1.165, 1.54) is 0 Å². The van der Waals surface area contributed by atoms with Crippen LogP contribution in [0.5, 0.6) is 0 Å². The number of amides is 2. The van der Waals surface area contributed by atoms with Crippen molar-refractivity contribution < 1.29 is 4.79 Å². The van der Waals surface area contributed by atoms with Gasteiger partial charge >= 0.3 is 6.03 Å². The van der Waals surface area contributed by atoms with E-state index in [1.54, 1.807) is 41.7 Å². The van der Waals surface area contributed by atoms with Gasteiger partial charge in [0.05, 0.1) is 5.56 Å². The molecule has 9 nitrogen and oxygen atoms in total. The second-order valence-electron chi connectivity index (χ2n) is 5.69. The average molecular weight is 352 g/mol.